The first kappa shape index (κ1) is 12.4. The predicted octanol–water partition coefficient (Wildman–Crippen LogP) is 1.80. The lowest BCUT2D eigenvalue weighted by atomic mass is 9.93. The lowest BCUT2D eigenvalue weighted by molar-refractivity contribution is -0.0629. The van der Waals surface area contributed by atoms with Gasteiger partial charge in [0.1, 0.15) is 5.60 Å². The van der Waals surface area contributed by atoms with Crippen molar-refractivity contribution in [2.45, 2.75) is 51.3 Å². The number of hydrogen-bond donors (Lipinski definition) is 1. The minimum absolute atomic E-state index is 0.0233. The van der Waals surface area contributed by atoms with E-state index in [4.69, 9.17) is 14.9 Å². The van der Waals surface area contributed by atoms with Crippen LogP contribution >= 0.6 is 0 Å². The standard InChI is InChI=1S/C12H20N2O3/c1-12(2,3)17-11(15)14-9-4-8(13)5-10(14)7-16-6-9/h9-10,13H,4-7H2,1-3H3. The molecule has 96 valence electrons. The zero-order valence-corrected chi connectivity index (χ0v) is 10.7. The lowest BCUT2D eigenvalue weighted by Gasteiger charge is -2.45. The van der Waals surface area contributed by atoms with Crippen molar-refractivity contribution in [3.63, 3.8) is 0 Å². The van der Waals surface area contributed by atoms with Crippen LogP contribution in [0.3, 0.4) is 0 Å². The quantitative estimate of drug-likeness (QED) is 0.702. The van der Waals surface area contributed by atoms with E-state index in [1.807, 2.05) is 20.8 Å². The first-order valence-corrected chi connectivity index (χ1v) is 6.02. The number of amides is 1. The van der Waals surface area contributed by atoms with Gasteiger partial charge in [0.25, 0.3) is 0 Å². The molecule has 2 rings (SSSR count). The number of fused-ring (bicyclic) bond motifs is 2. The van der Waals surface area contributed by atoms with E-state index in [-0.39, 0.29) is 18.2 Å². The van der Waals surface area contributed by atoms with E-state index in [0.717, 1.165) is 0 Å². The number of ether oxygens (including phenoxy) is 2. The fourth-order valence-corrected chi connectivity index (χ4v) is 2.38. The second-order valence-electron chi connectivity index (χ2n) is 5.74. The first-order valence-electron chi connectivity index (χ1n) is 6.02. The minimum Gasteiger partial charge on any atom is -0.444 e. The van der Waals surface area contributed by atoms with E-state index in [0.29, 0.717) is 31.8 Å². The van der Waals surface area contributed by atoms with E-state index in [2.05, 4.69) is 0 Å². The average Bonchev–Trinajstić information content (AvgIpc) is 2.12. The smallest absolute Gasteiger partial charge is 0.410 e. The molecular weight excluding hydrogens is 220 g/mol. The van der Waals surface area contributed by atoms with Gasteiger partial charge in [0.2, 0.25) is 0 Å². The monoisotopic (exact) mass is 240 g/mol. The molecule has 2 atom stereocenters. The molecule has 0 aliphatic carbocycles. The number of rotatable bonds is 0. The fraction of sp³-hybridized carbons (Fsp3) is 0.833. The van der Waals surface area contributed by atoms with Crippen molar-refractivity contribution in [1.82, 2.24) is 4.90 Å². The number of nitrogens with zero attached hydrogens (tertiary/aromatic N) is 1. The second-order valence-corrected chi connectivity index (χ2v) is 5.74. The van der Waals surface area contributed by atoms with Crippen molar-refractivity contribution >= 4 is 11.8 Å². The number of piperidine rings is 1. The normalized spacial score (nSPS) is 29.1. The maximum atomic E-state index is 12.1. The summed E-state index contributed by atoms with van der Waals surface area (Å²) < 4.78 is 10.9. The van der Waals surface area contributed by atoms with Crippen molar-refractivity contribution in [1.29, 1.82) is 5.41 Å². The van der Waals surface area contributed by atoms with Gasteiger partial charge in [-0.05, 0) is 20.8 Å². The molecule has 2 saturated heterocycles. The Morgan fingerprint density at radius 3 is 2.35 bits per heavy atom. The Balaban J connectivity index is 2.09. The zero-order chi connectivity index (χ0) is 12.6. The summed E-state index contributed by atoms with van der Waals surface area (Å²) in [6, 6.07) is -0.0466. The summed E-state index contributed by atoms with van der Waals surface area (Å²) in [5.41, 5.74) is 0.236. The topological polar surface area (TPSA) is 62.6 Å². The summed E-state index contributed by atoms with van der Waals surface area (Å²) in [6.45, 7) is 6.62. The molecule has 2 aliphatic rings. The largest absolute Gasteiger partial charge is 0.444 e. The third kappa shape index (κ3) is 2.77. The Kier molecular flexibility index (Phi) is 3.12. The van der Waals surface area contributed by atoms with E-state index in [1.54, 1.807) is 4.90 Å². The van der Waals surface area contributed by atoms with Crippen LogP contribution in [-0.4, -0.2) is 47.6 Å². The molecule has 1 amide bonds. The van der Waals surface area contributed by atoms with Crippen LogP contribution in [0.2, 0.25) is 0 Å². The van der Waals surface area contributed by atoms with Crippen LogP contribution in [0.1, 0.15) is 33.6 Å². The van der Waals surface area contributed by atoms with Crippen LogP contribution in [0.15, 0.2) is 0 Å². The molecule has 2 unspecified atom stereocenters. The van der Waals surface area contributed by atoms with Crippen LogP contribution < -0.4 is 0 Å². The van der Waals surface area contributed by atoms with Gasteiger partial charge in [0, 0.05) is 18.6 Å². The Morgan fingerprint density at radius 1 is 1.35 bits per heavy atom. The molecule has 0 saturated carbocycles. The summed E-state index contributed by atoms with van der Waals surface area (Å²) in [5, 5.41) is 7.76. The van der Waals surface area contributed by atoms with Gasteiger partial charge < -0.3 is 14.9 Å². The lowest BCUT2D eigenvalue weighted by Crippen LogP contribution is -2.60. The van der Waals surface area contributed by atoms with E-state index < -0.39 is 5.60 Å². The molecule has 5 heteroatoms. The Bertz CT molecular complexity index is 319. The van der Waals surface area contributed by atoms with Gasteiger partial charge in [-0.1, -0.05) is 0 Å². The van der Waals surface area contributed by atoms with Crippen molar-refractivity contribution in [2.24, 2.45) is 0 Å². The van der Waals surface area contributed by atoms with Crippen LogP contribution in [0.4, 0.5) is 4.79 Å². The number of carbonyl (C=O) groups is 1. The van der Waals surface area contributed by atoms with E-state index in [9.17, 15) is 4.79 Å². The third-order valence-corrected chi connectivity index (χ3v) is 2.98. The van der Waals surface area contributed by atoms with Gasteiger partial charge >= 0.3 is 6.09 Å². The third-order valence-electron chi connectivity index (χ3n) is 2.98. The minimum atomic E-state index is -0.475. The summed E-state index contributed by atoms with van der Waals surface area (Å²) in [4.78, 5) is 13.9. The van der Waals surface area contributed by atoms with Crippen LogP contribution in [0.5, 0.6) is 0 Å². The summed E-state index contributed by atoms with van der Waals surface area (Å²) >= 11 is 0. The van der Waals surface area contributed by atoms with Gasteiger partial charge in [-0.25, -0.2) is 4.79 Å². The van der Waals surface area contributed by atoms with Gasteiger partial charge in [-0.2, -0.15) is 0 Å². The fourth-order valence-electron chi connectivity index (χ4n) is 2.38. The number of nitrogens with one attached hydrogen (secondary N) is 1. The molecule has 5 nitrogen and oxygen atoms in total. The van der Waals surface area contributed by atoms with Crippen molar-refractivity contribution in [2.75, 3.05) is 13.2 Å². The summed E-state index contributed by atoms with van der Waals surface area (Å²) in [6.07, 6.45) is 0.939. The predicted molar refractivity (Wildman–Crippen MR) is 63.4 cm³/mol. The molecule has 0 radical (unpaired) electrons. The van der Waals surface area contributed by atoms with Crippen molar-refractivity contribution in [3.05, 3.63) is 0 Å². The number of morpholine rings is 1. The van der Waals surface area contributed by atoms with Crippen LogP contribution in [0, 0.1) is 5.41 Å². The molecule has 2 heterocycles. The van der Waals surface area contributed by atoms with Crippen LogP contribution in [0.25, 0.3) is 0 Å². The highest BCUT2D eigenvalue weighted by Crippen LogP contribution is 2.27. The maximum Gasteiger partial charge on any atom is 0.410 e. The first-order chi connectivity index (χ1) is 7.87. The van der Waals surface area contributed by atoms with E-state index in [1.165, 1.54) is 0 Å². The van der Waals surface area contributed by atoms with Crippen molar-refractivity contribution in [3.8, 4) is 0 Å². The molecule has 0 aromatic carbocycles. The Hall–Kier alpha value is -1.10. The highest BCUT2D eigenvalue weighted by molar-refractivity contribution is 5.85. The van der Waals surface area contributed by atoms with Crippen molar-refractivity contribution < 1.29 is 14.3 Å². The molecular formula is C12H20N2O3. The molecule has 2 fully saturated rings. The number of carbonyl (C=O) groups excluding carboxylic acids is 1. The summed E-state index contributed by atoms with van der Waals surface area (Å²) in [5.74, 6) is 0. The Labute approximate surface area is 102 Å². The second kappa shape index (κ2) is 4.29. The maximum absolute atomic E-state index is 12.1. The van der Waals surface area contributed by atoms with E-state index >= 15 is 0 Å². The van der Waals surface area contributed by atoms with Gasteiger partial charge in [-0.3, -0.25) is 4.90 Å². The van der Waals surface area contributed by atoms with Gasteiger partial charge in [0.05, 0.1) is 25.3 Å². The Morgan fingerprint density at radius 2 is 1.88 bits per heavy atom. The average molecular weight is 240 g/mol. The molecule has 0 aromatic heterocycles. The molecule has 2 aliphatic heterocycles. The van der Waals surface area contributed by atoms with Crippen LogP contribution in [-0.2, 0) is 9.47 Å². The van der Waals surface area contributed by atoms with Gasteiger partial charge in [0.15, 0.2) is 0 Å². The highest BCUT2D eigenvalue weighted by Gasteiger charge is 2.41. The molecule has 0 aromatic rings. The molecule has 0 spiro atoms. The zero-order valence-electron chi connectivity index (χ0n) is 10.7. The molecule has 17 heavy (non-hydrogen) atoms. The highest BCUT2D eigenvalue weighted by atomic mass is 16.6. The van der Waals surface area contributed by atoms with Gasteiger partial charge in [-0.15, -0.1) is 0 Å². The molecule has 1 N–H and O–H groups in total. The SMILES string of the molecule is CC(C)(C)OC(=O)N1C2COCC1CC(=N)C2. The number of hydrogen-bond acceptors (Lipinski definition) is 4. The molecule has 2 bridgehead atoms. The summed E-state index contributed by atoms with van der Waals surface area (Å²) in [7, 11) is 0.